The molecule has 0 saturated carbocycles. The number of carboxylic acid groups (broad SMARTS) is 1. The van der Waals surface area contributed by atoms with Crippen molar-refractivity contribution >= 4 is 17.0 Å². The first-order chi connectivity index (χ1) is 10.1. The molecule has 0 amide bonds. The van der Waals surface area contributed by atoms with Crippen LogP contribution in [-0.2, 0) is 0 Å². The summed E-state index contributed by atoms with van der Waals surface area (Å²) in [5, 5.41) is 16.9. The predicted octanol–water partition coefficient (Wildman–Crippen LogP) is 2.27. The Morgan fingerprint density at radius 1 is 1.29 bits per heavy atom. The summed E-state index contributed by atoms with van der Waals surface area (Å²) in [6, 6.07) is 8.81. The van der Waals surface area contributed by atoms with Crippen molar-refractivity contribution in [3.8, 4) is 11.4 Å². The lowest BCUT2D eigenvalue weighted by Gasteiger charge is -2.06. The van der Waals surface area contributed by atoms with E-state index in [-0.39, 0.29) is 11.3 Å². The highest BCUT2D eigenvalue weighted by Gasteiger charge is 2.12. The van der Waals surface area contributed by atoms with Crippen molar-refractivity contribution < 1.29 is 19.0 Å². The van der Waals surface area contributed by atoms with Gasteiger partial charge in [0, 0.05) is 6.07 Å². The predicted molar refractivity (Wildman–Crippen MR) is 72.3 cm³/mol. The first kappa shape index (κ1) is 13.0. The summed E-state index contributed by atoms with van der Waals surface area (Å²) in [5.41, 5.74) is 1.76. The topological polar surface area (TPSA) is 77.2 Å². The maximum absolute atomic E-state index is 13.4. The number of halogens is 1. The molecule has 0 fully saturated rings. The van der Waals surface area contributed by atoms with Crippen LogP contribution < -0.4 is 4.74 Å². The van der Waals surface area contributed by atoms with E-state index in [1.807, 2.05) is 0 Å². The number of fused-ring (bicyclic) bond motifs is 1. The average molecular weight is 287 g/mol. The number of hydrogen-bond acceptors (Lipinski definition) is 4. The van der Waals surface area contributed by atoms with E-state index in [1.54, 1.807) is 6.07 Å². The van der Waals surface area contributed by atoms with Gasteiger partial charge in [-0.3, -0.25) is 0 Å². The molecule has 106 valence electrons. The molecule has 0 aliphatic rings. The zero-order valence-electron chi connectivity index (χ0n) is 10.9. The van der Waals surface area contributed by atoms with Gasteiger partial charge in [0.25, 0.3) is 0 Å². The van der Waals surface area contributed by atoms with Crippen LogP contribution in [0.3, 0.4) is 0 Å². The summed E-state index contributed by atoms with van der Waals surface area (Å²) >= 11 is 0. The van der Waals surface area contributed by atoms with Gasteiger partial charge in [0.05, 0.1) is 23.9 Å². The molecule has 7 heteroatoms. The Kier molecular flexibility index (Phi) is 3.02. The fraction of sp³-hybridized carbons (Fsp3) is 0.0714. The molecule has 6 nitrogen and oxygen atoms in total. The van der Waals surface area contributed by atoms with E-state index in [0.717, 1.165) is 0 Å². The van der Waals surface area contributed by atoms with Gasteiger partial charge in [0.15, 0.2) is 11.6 Å². The van der Waals surface area contributed by atoms with Gasteiger partial charge < -0.3 is 9.84 Å². The molecule has 0 aliphatic carbocycles. The first-order valence-electron chi connectivity index (χ1n) is 6.03. The van der Waals surface area contributed by atoms with Gasteiger partial charge in [-0.15, -0.1) is 5.10 Å². The van der Waals surface area contributed by atoms with Gasteiger partial charge in [-0.05, 0) is 30.3 Å². The quantitative estimate of drug-likeness (QED) is 0.799. The summed E-state index contributed by atoms with van der Waals surface area (Å²) < 4.78 is 19.9. The van der Waals surface area contributed by atoms with Gasteiger partial charge in [-0.2, -0.15) is 0 Å². The highest BCUT2D eigenvalue weighted by Crippen LogP contribution is 2.23. The Hall–Kier alpha value is -2.96. The molecule has 1 aromatic heterocycles. The fourth-order valence-electron chi connectivity index (χ4n) is 2.03. The molecule has 3 aromatic rings. The van der Waals surface area contributed by atoms with Gasteiger partial charge in [0.1, 0.15) is 5.52 Å². The molecule has 21 heavy (non-hydrogen) atoms. The molecule has 0 saturated heterocycles. The molecule has 2 aromatic carbocycles. The van der Waals surface area contributed by atoms with Crippen LogP contribution in [0, 0.1) is 5.82 Å². The van der Waals surface area contributed by atoms with Gasteiger partial charge in [0.2, 0.25) is 0 Å². The number of benzene rings is 2. The van der Waals surface area contributed by atoms with Crippen LogP contribution in [-0.4, -0.2) is 33.2 Å². The highest BCUT2D eigenvalue weighted by molar-refractivity contribution is 5.92. The first-order valence-corrected chi connectivity index (χ1v) is 6.03. The second-order valence-corrected chi connectivity index (χ2v) is 4.33. The van der Waals surface area contributed by atoms with Crippen molar-refractivity contribution in [2.24, 2.45) is 0 Å². The lowest BCUT2D eigenvalue weighted by atomic mass is 10.2. The summed E-state index contributed by atoms with van der Waals surface area (Å²) in [7, 11) is 1.38. The summed E-state index contributed by atoms with van der Waals surface area (Å²) in [5.74, 6) is -1.41. The van der Waals surface area contributed by atoms with E-state index in [0.29, 0.717) is 16.7 Å². The van der Waals surface area contributed by atoms with Gasteiger partial charge >= 0.3 is 5.97 Å². The number of methoxy groups -OCH3 is 1. The minimum absolute atomic E-state index is 0.0957. The van der Waals surface area contributed by atoms with Crippen LogP contribution in [0.25, 0.3) is 16.7 Å². The Morgan fingerprint density at radius 3 is 2.81 bits per heavy atom. The highest BCUT2D eigenvalue weighted by atomic mass is 19.1. The number of hydrogen-bond donors (Lipinski definition) is 1. The second kappa shape index (κ2) is 4.86. The van der Waals surface area contributed by atoms with E-state index >= 15 is 0 Å². The standard InChI is InChI=1S/C14H10FN3O3/c1-21-13-7-9(3-4-10(13)15)18-12-5-2-8(14(19)20)6-11(12)16-17-18/h2-7H,1H3,(H,19,20). The van der Waals surface area contributed by atoms with Crippen LogP contribution in [0.5, 0.6) is 5.75 Å². The summed E-state index contributed by atoms with van der Waals surface area (Å²) in [4.78, 5) is 10.9. The maximum atomic E-state index is 13.4. The van der Waals surface area contributed by atoms with Crippen molar-refractivity contribution in [3.63, 3.8) is 0 Å². The lowest BCUT2D eigenvalue weighted by molar-refractivity contribution is 0.0697. The maximum Gasteiger partial charge on any atom is 0.335 e. The van der Waals surface area contributed by atoms with Crippen LogP contribution >= 0.6 is 0 Å². The average Bonchev–Trinajstić information content (AvgIpc) is 2.90. The minimum atomic E-state index is -1.03. The van der Waals surface area contributed by atoms with Crippen molar-refractivity contribution in [1.82, 2.24) is 15.0 Å². The van der Waals surface area contributed by atoms with Crippen molar-refractivity contribution in [1.29, 1.82) is 0 Å². The fourth-order valence-corrected chi connectivity index (χ4v) is 2.03. The number of nitrogens with zero attached hydrogens (tertiary/aromatic N) is 3. The number of aromatic carboxylic acids is 1. The Morgan fingerprint density at radius 2 is 2.10 bits per heavy atom. The van der Waals surface area contributed by atoms with Crippen molar-refractivity contribution in [2.75, 3.05) is 7.11 Å². The monoisotopic (exact) mass is 287 g/mol. The van der Waals surface area contributed by atoms with Crippen molar-refractivity contribution in [2.45, 2.75) is 0 Å². The molecular formula is C14H10FN3O3. The summed E-state index contributed by atoms with van der Waals surface area (Å²) in [6.45, 7) is 0. The largest absolute Gasteiger partial charge is 0.494 e. The smallest absolute Gasteiger partial charge is 0.335 e. The van der Waals surface area contributed by atoms with E-state index in [4.69, 9.17) is 9.84 Å². The van der Waals surface area contributed by atoms with E-state index in [9.17, 15) is 9.18 Å². The lowest BCUT2D eigenvalue weighted by Crippen LogP contribution is -1.99. The molecule has 3 rings (SSSR count). The van der Waals surface area contributed by atoms with Crippen molar-refractivity contribution in [3.05, 3.63) is 47.8 Å². The normalized spacial score (nSPS) is 10.8. The minimum Gasteiger partial charge on any atom is -0.494 e. The third-order valence-corrected chi connectivity index (χ3v) is 3.07. The number of carbonyl (C=O) groups is 1. The SMILES string of the molecule is COc1cc(-n2nnc3cc(C(=O)O)ccc32)ccc1F. The second-order valence-electron chi connectivity index (χ2n) is 4.33. The van der Waals surface area contributed by atoms with Crippen LogP contribution in [0.2, 0.25) is 0 Å². The van der Waals surface area contributed by atoms with E-state index in [2.05, 4.69) is 10.3 Å². The molecule has 0 atom stereocenters. The van der Waals surface area contributed by atoms with Crippen LogP contribution in [0.1, 0.15) is 10.4 Å². The van der Waals surface area contributed by atoms with Gasteiger partial charge in [-0.25, -0.2) is 13.9 Å². The molecule has 0 spiro atoms. The Balaban J connectivity index is 2.15. The zero-order chi connectivity index (χ0) is 15.0. The molecule has 0 aliphatic heterocycles. The zero-order valence-corrected chi connectivity index (χ0v) is 10.9. The number of rotatable bonds is 3. The Bertz CT molecular complexity index is 845. The molecule has 1 N–H and O–H groups in total. The third-order valence-electron chi connectivity index (χ3n) is 3.07. The van der Waals surface area contributed by atoms with Crippen LogP contribution in [0.15, 0.2) is 36.4 Å². The molecular weight excluding hydrogens is 277 g/mol. The van der Waals surface area contributed by atoms with E-state index < -0.39 is 11.8 Å². The Labute approximate surface area is 118 Å². The van der Waals surface area contributed by atoms with Gasteiger partial charge in [-0.1, -0.05) is 5.21 Å². The van der Waals surface area contributed by atoms with E-state index in [1.165, 1.54) is 42.1 Å². The number of ether oxygens (including phenoxy) is 1. The molecule has 0 bridgehead atoms. The molecule has 0 radical (unpaired) electrons. The number of aromatic nitrogens is 3. The van der Waals surface area contributed by atoms with Crippen LogP contribution in [0.4, 0.5) is 4.39 Å². The summed E-state index contributed by atoms with van der Waals surface area (Å²) in [6.07, 6.45) is 0. The molecule has 1 heterocycles. The third kappa shape index (κ3) is 2.18. The number of carboxylic acids is 1. The molecule has 0 unspecified atom stereocenters.